The molecule has 44 heavy (non-hydrogen) atoms. The molecule has 1 saturated carbocycles. The third kappa shape index (κ3) is 7.82. The number of hydrogen-bond acceptors (Lipinski definition) is 5. The summed E-state index contributed by atoms with van der Waals surface area (Å²) in [5.74, 6) is -0.738. The van der Waals surface area contributed by atoms with E-state index < -0.39 is 5.97 Å². The molecule has 4 aromatic rings. The van der Waals surface area contributed by atoms with Crippen LogP contribution in [0.25, 0.3) is 10.2 Å². The summed E-state index contributed by atoms with van der Waals surface area (Å²) < 4.78 is 1.01. The van der Waals surface area contributed by atoms with Crippen LogP contribution in [0, 0.1) is 0 Å². The molecule has 1 heterocycles. The molecule has 5 rings (SSSR count). The van der Waals surface area contributed by atoms with Gasteiger partial charge in [0.2, 0.25) is 0 Å². The molecule has 1 aliphatic rings. The number of carbonyl (C=O) groups excluding carboxylic acids is 2. The van der Waals surface area contributed by atoms with Gasteiger partial charge in [-0.2, -0.15) is 0 Å². The topological polar surface area (TPSA) is 112 Å². The molecule has 3 N–H and O–H groups in total. The summed E-state index contributed by atoms with van der Waals surface area (Å²) in [5, 5.41) is 15.0. The van der Waals surface area contributed by atoms with Crippen molar-refractivity contribution in [1.82, 2.24) is 10.3 Å². The van der Waals surface area contributed by atoms with Crippen LogP contribution in [-0.2, 0) is 16.8 Å². The van der Waals surface area contributed by atoms with Crippen molar-refractivity contribution >= 4 is 50.3 Å². The highest BCUT2D eigenvalue weighted by Crippen LogP contribution is 2.34. The van der Waals surface area contributed by atoms with Crippen LogP contribution < -0.4 is 15.5 Å². The average Bonchev–Trinajstić information content (AvgIpc) is 3.41. The zero-order valence-electron chi connectivity index (χ0n) is 25.6. The monoisotopic (exact) mass is 612 g/mol. The van der Waals surface area contributed by atoms with Gasteiger partial charge in [0, 0.05) is 17.8 Å². The summed E-state index contributed by atoms with van der Waals surface area (Å²) >= 11 is 1.45. The van der Waals surface area contributed by atoms with Crippen molar-refractivity contribution < 1.29 is 19.5 Å². The van der Waals surface area contributed by atoms with E-state index in [-0.39, 0.29) is 36.9 Å². The molecular formula is C35H40N4O4S. The third-order valence-electron chi connectivity index (χ3n) is 8.18. The maximum atomic E-state index is 13.8. The molecule has 8 nitrogen and oxygen atoms in total. The fraction of sp³-hybridized carbons (Fsp3) is 0.371. The number of fused-ring (bicyclic) bond motifs is 1. The fourth-order valence-electron chi connectivity index (χ4n) is 5.58. The van der Waals surface area contributed by atoms with Crippen molar-refractivity contribution in [2.75, 3.05) is 16.8 Å². The first-order chi connectivity index (χ1) is 21.1. The quantitative estimate of drug-likeness (QED) is 0.177. The van der Waals surface area contributed by atoms with Crippen LogP contribution >= 0.6 is 11.3 Å². The minimum absolute atomic E-state index is 0.00347. The second-order valence-electron chi connectivity index (χ2n) is 12.5. The summed E-state index contributed by atoms with van der Waals surface area (Å²) in [4.78, 5) is 43.4. The van der Waals surface area contributed by atoms with Crippen molar-refractivity contribution in [1.29, 1.82) is 0 Å². The van der Waals surface area contributed by atoms with E-state index in [0.29, 0.717) is 16.6 Å². The lowest BCUT2D eigenvalue weighted by molar-refractivity contribution is -0.136. The molecule has 0 radical (unpaired) electrons. The Balaban J connectivity index is 1.36. The summed E-state index contributed by atoms with van der Waals surface area (Å²) in [5.41, 5.74) is 5.40. The number of amides is 3. The van der Waals surface area contributed by atoms with E-state index in [4.69, 9.17) is 10.1 Å². The Hall–Kier alpha value is -4.24. The van der Waals surface area contributed by atoms with E-state index in [2.05, 4.69) is 61.7 Å². The number of anilines is 2. The van der Waals surface area contributed by atoms with E-state index >= 15 is 0 Å². The van der Waals surface area contributed by atoms with Gasteiger partial charge in [0.15, 0.2) is 5.13 Å². The van der Waals surface area contributed by atoms with Gasteiger partial charge in [0.1, 0.15) is 0 Å². The normalized spacial score (nSPS) is 13.9. The van der Waals surface area contributed by atoms with Gasteiger partial charge in [0.05, 0.1) is 23.2 Å². The first-order valence-corrected chi connectivity index (χ1v) is 16.1. The molecule has 0 bridgehead atoms. The van der Waals surface area contributed by atoms with Crippen LogP contribution in [0.15, 0.2) is 66.7 Å². The number of carboxylic acid groups (broad SMARTS) is 1. The zero-order valence-corrected chi connectivity index (χ0v) is 26.4. The molecule has 0 atom stereocenters. The number of aromatic nitrogens is 1. The van der Waals surface area contributed by atoms with Gasteiger partial charge in [-0.25, -0.2) is 9.78 Å². The first-order valence-electron chi connectivity index (χ1n) is 15.3. The minimum atomic E-state index is -0.966. The highest BCUT2D eigenvalue weighted by molar-refractivity contribution is 7.22. The van der Waals surface area contributed by atoms with E-state index in [9.17, 15) is 14.4 Å². The first kappa shape index (κ1) is 31.2. The second kappa shape index (κ2) is 13.6. The number of nitrogens with zero attached hydrogens (tertiary/aromatic N) is 2. The lowest BCUT2D eigenvalue weighted by Gasteiger charge is -2.25. The zero-order chi connectivity index (χ0) is 31.3. The number of nitrogens with one attached hydrogen (secondary N) is 2. The number of hydrogen-bond donors (Lipinski definition) is 3. The Labute approximate surface area is 262 Å². The molecule has 3 aromatic carbocycles. The van der Waals surface area contributed by atoms with Crippen LogP contribution in [0.5, 0.6) is 0 Å². The lowest BCUT2D eigenvalue weighted by atomic mass is 9.84. The largest absolute Gasteiger partial charge is 0.481 e. The number of thiazole rings is 1. The van der Waals surface area contributed by atoms with Crippen LogP contribution in [0.3, 0.4) is 0 Å². The van der Waals surface area contributed by atoms with Crippen LogP contribution in [0.4, 0.5) is 15.6 Å². The Bertz CT molecular complexity index is 1620. The summed E-state index contributed by atoms with van der Waals surface area (Å²) in [6.45, 7) is 6.84. The average molecular weight is 613 g/mol. The lowest BCUT2D eigenvalue weighted by Crippen LogP contribution is -2.34. The summed E-state index contributed by atoms with van der Waals surface area (Å²) in [7, 11) is 0. The number of carboxylic acids is 1. The van der Waals surface area contributed by atoms with Gasteiger partial charge in [-0.05, 0) is 77.3 Å². The standard InChI is InChI=1S/C35H40N4O4S/c1-35(2,3)27-15-18-30-29(21-27)37-33(44-30)38-34(43)39(28-16-13-25(14-17-28)24-7-5-4-6-8-24)22-23-9-11-26(12-10-23)32(42)36-20-19-31(40)41/h9-18,21,24H,4-8,19-20,22H2,1-3H3,(H,36,42)(H,40,41)(H,37,38,43). The molecular weight excluding hydrogens is 572 g/mol. The van der Waals surface area contributed by atoms with Gasteiger partial charge in [0.25, 0.3) is 5.91 Å². The molecule has 1 aromatic heterocycles. The fourth-order valence-corrected chi connectivity index (χ4v) is 6.41. The SMILES string of the molecule is CC(C)(C)c1ccc2sc(NC(=O)N(Cc3ccc(C(=O)NCCC(=O)O)cc3)c3ccc(C4CCCCC4)cc3)nc2c1. The Kier molecular flexibility index (Phi) is 9.64. The summed E-state index contributed by atoms with van der Waals surface area (Å²) in [6, 6.07) is 21.3. The minimum Gasteiger partial charge on any atom is -0.481 e. The maximum absolute atomic E-state index is 13.8. The Morgan fingerprint density at radius 2 is 1.66 bits per heavy atom. The predicted octanol–water partition coefficient (Wildman–Crippen LogP) is 8.08. The van der Waals surface area contributed by atoms with Crippen molar-refractivity contribution in [2.24, 2.45) is 0 Å². The Morgan fingerprint density at radius 3 is 2.32 bits per heavy atom. The van der Waals surface area contributed by atoms with Crippen LogP contribution in [-0.4, -0.2) is 34.5 Å². The second-order valence-corrected chi connectivity index (χ2v) is 13.5. The molecule has 0 aliphatic heterocycles. The predicted molar refractivity (Wildman–Crippen MR) is 177 cm³/mol. The van der Waals surface area contributed by atoms with Crippen molar-refractivity contribution in [3.8, 4) is 0 Å². The molecule has 0 unspecified atom stereocenters. The van der Waals surface area contributed by atoms with Crippen LogP contribution in [0.2, 0.25) is 0 Å². The molecule has 1 fully saturated rings. The van der Waals surface area contributed by atoms with Crippen molar-refractivity contribution in [2.45, 2.75) is 77.2 Å². The van der Waals surface area contributed by atoms with Gasteiger partial charge < -0.3 is 10.4 Å². The number of rotatable bonds is 9. The van der Waals surface area contributed by atoms with Gasteiger partial charge in [-0.1, -0.05) is 81.7 Å². The molecule has 9 heteroatoms. The number of benzene rings is 3. The van der Waals surface area contributed by atoms with E-state index in [1.54, 1.807) is 17.0 Å². The van der Waals surface area contributed by atoms with E-state index in [1.807, 2.05) is 24.3 Å². The molecule has 230 valence electrons. The van der Waals surface area contributed by atoms with Gasteiger partial charge >= 0.3 is 12.0 Å². The van der Waals surface area contributed by atoms with E-state index in [0.717, 1.165) is 21.5 Å². The van der Waals surface area contributed by atoms with Crippen LogP contribution in [0.1, 0.15) is 92.3 Å². The number of aliphatic carboxylic acids is 1. The number of urea groups is 1. The van der Waals surface area contributed by atoms with Gasteiger partial charge in [-0.15, -0.1) is 0 Å². The smallest absolute Gasteiger partial charge is 0.328 e. The van der Waals surface area contributed by atoms with Gasteiger partial charge in [-0.3, -0.25) is 19.8 Å². The molecule has 0 spiro atoms. The summed E-state index contributed by atoms with van der Waals surface area (Å²) in [6.07, 6.45) is 6.08. The molecule has 1 aliphatic carbocycles. The molecule has 0 saturated heterocycles. The highest BCUT2D eigenvalue weighted by Gasteiger charge is 2.21. The highest BCUT2D eigenvalue weighted by atomic mass is 32.1. The number of carbonyl (C=O) groups is 3. The Morgan fingerprint density at radius 1 is 0.955 bits per heavy atom. The van der Waals surface area contributed by atoms with E-state index in [1.165, 1.54) is 54.6 Å². The van der Waals surface area contributed by atoms with Crippen molar-refractivity contribution in [3.05, 3.63) is 89.0 Å². The third-order valence-corrected chi connectivity index (χ3v) is 9.13. The maximum Gasteiger partial charge on any atom is 0.328 e. The van der Waals surface area contributed by atoms with Crippen molar-refractivity contribution in [3.63, 3.8) is 0 Å². The molecule has 3 amide bonds.